The maximum Gasteiger partial charge on any atom is 0.416 e. The van der Waals surface area contributed by atoms with Gasteiger partial charge in [0.1, 0.15) is 24.4 Å². The van der Waals surface area contributed by atoms with E-state index in [1.165, 1.54) is 11.0 Å². The first-order valence-electron chi connectivity index (χ1n) is 7.99. The van der Waals surface area contributed by atoms with Gasteiger partial charge in [-0.2, -0.15) is 0 Å². The predicted molar refractivity (Wildman–Crippen MR) is 79.3 cm³/mol. The summed E-state index contributed by atoms with van der Waals surface area (Å²) in [5, 5.41) is 46.1. The number of ether oxygens (including phenoxy) is 3. The second-order valence-electron chi connectivity index (χ2n) is 5.78. The number of nitrogens with zero attached hydrogens (tertiary/aromatic N) is 3. The van der Waals surface area contributed by atoms with Crippen LogP contribution in [0.5, 0.6) is 0 Å². The molecular formula is C13H21N4O9+. The molecule has 0 aromatic carbocycles. The van der Waals surface area contributed by atoms with E-state index in [-0.39, 0.29) is 5.88 Å². The van der Waals surface area contributed by atoms with Crippen LogP contribution < -0.4 is 15.1 Å². The summed E-state index contributed by atoms with van der Waals surface area (Å²) in [4.78, 5) is 13.3. The molecule has 146 valence electrons. The molecule has 13 nitrogen and oxygen atoms in total. The van der Waals surface area contributed by atoms with Gasteiger partial charge in [-0.3, -0.25) is 9.84 Å². The molecule has 0 bridgehead atoms. The Kier molecular flexibility index (Phi) is 5.85. The lowest BCUT2D eigenvalue weighted by Gasteiger charge is -2.38. The number of aliphatic hydroxyl groups excluding tert-OH is 4. The van der Waals surface area contributed by atoms with Gasteiger partial charge >= 0.3 is 12.0 Å². The number of amides is 1. The summed E-state index contributed by atoms with van der Waals surface area (Å²) in [5.74, 6) is -0.0221. The number of carbonyl (C=O) groups excluding carboxylic acids is 1. The van der Waals surface area contributed by atoms with Crippen LogP contribution in [0.2, 0.25) is 0 Å². The van der Waals surface area contributed by atoms with Crippen LogP contribution in [0.15, 0.2) is 10.7 Å². The van der Waals surface area contributed by atoms with Crippen LogP contribution in [0.3, 0.4) is 0 Å². The minimum absolute atomic E-state index is 0.0221. The Bertz CT molecular complexity index is 606. The minimum Gasteiger partial charge on any atom is -0.416 e. The molecule has 1 aromatic heterocycles. The summed E-state index contributed by atoms with van der Waals surface area (Å²) in [6, 6.07) is 0. The average molecular weight is 377 g/mol. The fraction of sp³-hybridized carbons (Fsp3) is 0.769. The van der Waals surface area contributed by atoms with E-state index in [1.807, 2.05) is 5.01 Å². The maximum atomic E-state index is 11.9. The summed E-state index contributed by atoms with van der Waals surface area (Å²) in [6.45, 7) is 1.66. The summed E-state index contributed by atoms with van der Waals surface area (Å²) in [7, 11) is 0. The van der Waals surface area contributed by atoms with E-state index in [0.717, 1.165) is 0 Å². The van der Waals surface area contributed by atoms with Crippen LogP contribution in [0.25, 0.3) is 0 Å². The first-order valence-corrected chi connectivity index (χ1v) is 7.99. The highest BCUT2D eigenvalue weighted by Gasteiger charge is 2.45. The molecule has 2 fully saturated rings. The number of aliphatic hydroxyl groups is 4. The number of rotatable bonds is 4. The number of aromatic nitrogens is 2. The molecule has 2 aliphatic heterocycles. The first kappa shape index (κ1) is 18.8. The minimum atomic E-state index is -1.69. The Balaban J connectivity index is 1.56. The van der Waals surface area contributed by atoms with Gasteiger partial charge in [0.25, 0.3) is 6.20 Å². The molecule has 0 spiro atoms. The third-order valence-corrected chi connectivity index (χ3v) is 4.03. The molecule has 0 radical (unpaired) electrons. The lowest BCUT2D eigenvalue weighted by Crippen LogP contribution is -2.62. The number of hydrogen-bond donors (Lipinski definition) is 5. The Hall–Kier alpha value is -2.03. The molecule has 5 N–H and O–H groups in total. The molecule has 3 rings (SSSR count). The molecule has 5 atom stereocenters. The molecule has 26 heavy (non-hydrogen) atoms. The molecule has 1 amide bonds. The molecule has 13 heteroatoms. The molecule has 2 aliphatic rings. The van der Waals surface area contributed by atoms with Gasteiger partial charge in [-0.15, -0.1) is 5.01 Å². The van der Waals surface area contributed by atoms with Crippen molar-refractivity contribution in [2.24, 2.45) is 0 Å². The zero-order valence-electron chi connectivity index (χ0n) is 13.7. The molecule has 2 saturated heterocycles. The molecule has 2 unspecified atom stereocenters. The number of anilines is 1. The van der Waals surface area contributed by atoms with E-state index in [0.29, 0.717) is 26.3 Å². The van der Waals surface area contributed by atoms with Crippen molar-refractivity contribution in [3.8, 4) is 0 Å². The van der Waals surface area contributed by atoms with Gasteiger partial charge in [-0.05, 0) is 0 Å². The van der Waals surface area contributed by atoms with Crippen molar-refractivity contribution in [2.45, 2.75) is 30.7 Å². The summed E-state index contributed by atoms with van der Waals surface area (Å²) < 4.78 is 20.1. The fourth-order valence-corrected chi connectivity index (χ4v) is 2.59. The zero-order chi connectivity index (χ0) is 18.7. The summed E-state index contributed by atoms with van der Waals surface area (Å²) in [6.07, 6.45) is -7.27. The van der Waals surface area contributed by atoms with Gasteiger partial charge in [0.2, 0.25) is 11.6 Å². The van der Waals surface area contributed by atoms with Crippen molar-refractivity contribution in [2.75, 3.05) is 43.2 Å². The maximum absolute atomic E-state index is 11.9. The van der Waals surface area contributed by atoms with E-state index in [4.69, 9.17) is 23.8 Å². The SMILES string of the molecule is O=C(Nc1c[n+](N2CCOCC2)no1)O[C@@H]1OC(CO)[C@@H](O)[C@H](O)C1O. The number of morpholine rings is 1. The van der Waals surface area contributed by atoms with Crippen molar-refractivity contribution < 1.29 is 48.7 Å². The van der Waals surface area contributed by atoms with Crippen molar-refractivity contribution in [3.63, 3.8) is 0 Å². The van der Waals surface area contributed by atoms with Crippen LogP contribution in [-0.2, 0) is 14.2 Å². The Morgan fingerprint density at radius 2 is 2.04 bits per heavy atom. The fourth-order valence-electron chi connectivity index (χ4n) is 2.59. The number of hydrogen-bond acceptors (Lipinski definition) is 11. The highest BCUT2D eigenvalue weighted by Crippen LogP contribution is 2.22. The summed E-state index contributed by atoms with van der Waals surface area (Å²) >= 11 is 0. The topological polar surface area (TPSA) is 171 Å². The normalized spacial score (nSPS) is 32.3. The second-order valence-corrected chi connectivity index (χ2v) is 5.78. The highest BCUT2D eigenvalue weighted by atomic mass is 16.7. The van der Waals surface area contributed by atoms with Gasteiger partial charge in [-0.1, -0.05) is 0 Å². The molecule has 0 saturated carbocycles. The Morgan fingerprint density at radius 1 is 1.31 bits per heavy atom. The lowest BCUT2D eigenvalue weighted by atomic mass is 9.99. The van der Waals surface area contributed by atoms with Crippen LogP contribution >= 0.6 is 0 Å². The second kappa shape index (κ2) is 8.11. The lowest BCUT2D eigenvalue weighted by molar-refractivity contribution is -0.759. The van der Waals surface area contributed by atoms with Gasteiger partial charge in [0.05, 0.1) is 37.7 Å². The zero-order valence-corrected chi connectivity index (χ0v) is 13.7. The van der Waals surface area contributed by atoms with E-state index in [9.17, 15) is 20.1 Å². The van der Waals surface area contributed by atoms with E-state index in [2.05, 4.69) is 10.6 Å². The van der Waals surface area contributed by atoms with Crippen LogP contribution in [0.4, 0.5) is 10.7 Å². The van der Waals surface area contributed by atoms with Crippen molar-refractivity contribution in [1.29, 1.82) is 0 Å². The van der Waals surface area contributed by atoms with Crippen LogP contribution in [0.1, 0.15) is 0 Å². The van der Waals surface area contributed by atoms with Crippen molar-refractivity contribution in [3.05, 3.63) is 6.20 Å². The van der Waals surface area contributed by atoms with Crippen molar-refractivity contribution in [1.82, 2.24) is 5.27 Å². The van der Waals surface area contributed by atoms with E-state index >= 15 is 0 Å². The Morgan fingerprint density at radius 3 is 2.73 bits per heavy atom. The van der Waals surface area contributed by atoms with Crippen LogP contribution in [0, 0.1) is 0 Å². The molecular weight excluding hydrogens is 356 g/mol. The van der Waals surface area contributed by atoms with E-state index < -0.39 is 43.4 Å². The van der Waals surface area contributed by atoms with Gasteiger partial charge in [-0.25, -0.2) is 4.79 Å². The molecule has 1 aromatic rings. The van der Waals surface area contributed by atoms with E-state index in [1.54, 1.807) is 0 Å². The quantitative estimate of drug-likeness (QED) is 0.327. The predicted octanol–water partition coefficient (Wildman–Crippen LogP) is -3.72. The third kappa shape index (κ3) is 4.03. The molecule has 3 heterocycles. The van der Waals surface area contributed by atoms with Crippen LogP contribution in [-0.4, -0.2) is 95.4 Å². The third-order valence-electron chi connectivity index (χ3n) is 4.03. The molecule has 0 aliphatic carbocycles. The average Bonchev–Trinajstić information content (AvgIpc) is 3.11. The van der Waals surface area contributed by atoms with Gasteiger partial charge < -0.3 is 34.6 Å². The Labute approximate surface area is 147 Å². The largest absolute Gasteiger partial charge is 0.416 e. The van der Waals surface area contributed by atoms with Gasteiger partial charge in [0.15, 0.2) is 0 Å². The monoisotopic (exact) mass is 377 g/mol. The smallest absolute Gasteiger partial charge is 0.416 e. The summed E-state index contributed by atoms with van der Waals surface area (Å²) in [5.41, 5.74) is 0. The van der Waals surface area contributed by atoms with Gasteiger partial charge in [0, 0.05) is 0 Å². The number of nitrogens with one attached hydrogen (secondary N) is 1. The van der Waals surface area contributed by atoms with Crippen molar-refractivity contribution >= 4 is 12.0 Å². The standard InChI is InChI=1S/C13H20N4O9/c18-6-7-9(19)10(20)11(21)12(24-7)25-13(22)14-8-5-17(15-26-8)16-1-3-23-4-2-16/h5,7,9-12,18-21H,1-4,6H2/p+1/t7?,9-,10+,11?,12+/m1/s1. The number of carbonyl (C=O) groups is 1. The first-order chi connectivity index (χ1) is 12.5. The highest BCUT2D eigenvalue weighted by molar-refractivity contribution is 5.82.